The summed E-state index contributed by atoms with van der Waals surface area (Å²) < 4.78 is 2.01. The van der Waals surface area contributed by atoms with Crippen LogP contribution in [0.15, 0.2) is 54.7 Å². The van der Waals surface area contributed by atoms with Crippen molar-refractivity contribution in [3.05, 3.63) is 77.1 Å². The van der Waals surface area contributed by atoms with Crippen LogP contribution < -0.4 is 5.32 Å². The van der Waals surface area contributed by atoms with Crippen LogP contribution in [-0.4, -0.2) is 23.3 Å². The van der Waals surface area contributed by atoms with Crippen LogP contribution in [0.5, 0.6) is 0 Å². The number of rotatable bonds is 11. The largest absolute Gasteiger partial charge is 0.317 e. The van der Waals surface area contributed by atoms with Gasteiger partial charge in [-0.15, -0.1) is 0 Å². The minimum Gasteiger partial charge on any atom is -0.317 e. The lowest BCUT2D eigenvalue weighted by Crippen LogP contribution is -2.16. The number of aryl methyl sites for hydroxylation is 2. The maximum absolute atomic E-state index is 13.2. The Morgan fingerprint density at radius 2 is 1.75 bits per heavy atom. The summed E-state index contributed by atoms with van der Waals surface area (Å²) in [5, 5.41) is 3.49. The quantitative estimate of drug-likeness (QED) is 0.357. The normalized spacial score (nSPS) is 11.2. The van der Waals surface area contributed by atoms with Crippen LogP contribution in [0.25, 0.3) is 5.52 Å². The molecule has 0 unspecified atom stereocenters. The number of carbonyl (C=O) groups is 1. The van der Waals surface area contributed by atoms with Crippen molar-refractivity contribution in [2.24, 2.45) is 0 Å². The molecular weight excluding hydrogens is 344 g/mol. The summed E-state index contributed by atoms with van der Waals surface area (Å²) in [5.74, 6) is 0.106. The van der Waals surface area contributed by atoms with E-state index in [4.69, 9.17) is 0 Å². The summed E-state index contributed by atoms with van der Waals surface area (Å²) in [7, 11) is 0. The molecule has 0 atom stereocenters. The molecule has 148 valence electrons. The number of ketones is 1. The number of hydrogen-bond acceptors (Lipinski definition) is 2. The van der Waals surface area contributed by atoms with Crippen LogP contribution in [0.1, 0.15) is 66.7 Å². The molecule has 0 bridgehead atoms. The third-order valence-electron chi connectivity index (χ3n) is 5.35. The van der Waals surface area contributed by atoms with E-state index in [-0.39, 0.29) is 5.78 Å². The molecule has 0 aliphatic rings. The zero-order valence-electron chi connectivity index (χ0n) is 17.2. The van der Waals surface area contributed by atoms with E-state index in [1.165, 1.54) is 31.2 Å². The number of pyridine rings is 1. The lowest BCUT2D eigenvalue weighted by Gasteiger charge is -2.07. The third kappa shape index (κ3) is 4.90. The summed E-state index contributed by atoms with van der Waals surface area (Å²) in [6.45, 7) is 6.54. The maximum atomic E-state index is 13.2. The lowest BCUT2D eigenvalue weighted by atomic mass is 10.0. The van der Waals surface area contributed by atoms with Gasteiger partial charge in [-0.1, -0.05) is 50.6 Å². The zero-order chi connectivity index (χ0) is 19.8. The molecule has 0 saturated carbocycles. The van der Waals surface area contributed by atoms with Gasteiger partial charge in [-0.25, -0.2) is 0 Å². The first kappa shape index (κ1) is 20.3. The molecule has 0 aliphatic heterocycles. The van der Waals surface area contributed by atoms with Crippen LogP contribution >= 0.6 is 0 Å². The van der Waals surface area contributed by atoms with Crippen LogP contribution in [0.4, 0.5) is 0 Å². The summed E-state index contributed by atoms with van der Waals surface area (Å²) in [6.07, 6.45) is 8.77. The van der Waals surface area contributed by atoms with E-state index in [0.717, 1.165) is 48.3 Å². The molecule has 3 aromatic rings. The zero-order valence-corrected chi connectivity index (χ0v) is 17.2. The highest BCUT2D eigenvalue weighted by Gasteiger charge is 2.18. The van der Waals surface area contributed by atoms with Gasteiger partial charge in [0.05, 0.1) is 5.69 Å². The molecule has 2 aromatic heterocycles. The van der Waals surface area contributed by atoms with E-state index in [1.54, 1.807) is 0 Å². The van der Waals surface area contributed by atoms with E-state index in [0.29, 0.717) is 0 Å². The minimum atomic E-state index is 0.106. The van der Waals surface area contributed by atoms with Gasteiger partial charge in [0, 0.05) is 17.3 Å². The Bertz CT molecular complexity index is 893. The van der Waals surface area contributed by atoms with Crippen molar-refractivity contribution in [3.8, 4) is 0 Å². The van der Waals surface area contributed by atoms with Crippen LogP contribution in [0.3, 0.4) is 0 Å². The van der Waals surface area contributed by atoms with Crippen LogP contribution in [-0.2, 0) is 12.8 Å². The number of nitrogens with one attached hydrogen (secondary N) is 1. The summed E-state index contributed by atoms with van der Waals surface area (Å²) in [5.41, 5.74) is 5.05. The average Bonchev–Trinajstić information content (AvgIpc) is 3.11. The number of hydrogen-bond donors (Lipinski definition) is 1. The molecule has 1 aromatic carbocycles. The van der Waals surface area contributed by atoms with Gasteiger partial charge < -0.3 is 9.72 Å². The van der Waals surface area contributed by atoms with Crippen LogP contribution in [0.2, 0.25) is 0 Å². The Labute approximate surface area is 168 Å². The van der Waals surface area contributed by atoms with E-state index in [9.17, 15) is 4.79 Å². The monoisotopic (exact) mass is 376 g/mol. The molecule has 0 fully saturated rings. The predicted molar refractivity (Wildman–Crippen MR) is 117 cm³/mol. The fourth-order valence-electron chi connectivity index (χ4n) is 3.67. The molecule has 2 heterocycles. The smallest absolute Gasteiger partial charge is 0.210 e. The Morgan fingerprint density at radius 1 is 0.964 bits per heavy atom. The van der Waals surface area contributed by atoms with Crippen molar-refractivity contribution in [2.75, 3.05) is 13.1 Å². The molecule has 0 radical (unpaired) electrons. The second kappa shape index (κ2) is 10.2. The predicted octanol–water partition coefficient (Wildman–Crippen LogP) is 5.45. The van der Waals surface area contributed by atoms with Gasteiger partial charge in [-0.2, -0.15) is 0 Å². The van der Waals surface area contributed by atoms with Crippen molar-refractivity contribution in [1.82, 2.24) is 9.72 Å². The van der Waals surface area contributed by atoms with Crippen molar-refractivity contribution < 1.29 is 4.79 Å². The van der Waals surface area contributed by atoms with E-state index < -0.39 is 0 Å². The second-order valence-corrected chi connectivity index (χ2v) is 7.45. The van der Waals surface area contributed by atoms with Crippen molar-refractivity contribution >= 4 is 11.3 Å². The SMILES string of the molecule is CCCCNCCCCc1ccc(C(=O)c2c(CC)cc3ccccn23)cc1. The molecule has 3 heteroatoms. The molecule has 0 spiro atoms. The fourth-order valence-corrected chi connectivity index (χ4v) is 3.67. The Morgan fingerprint density at radius 3 is 2.50 bits per heavy atom. The Hall–Kier alpha value is -2.39. The van der Waals surface area contributed by atoms with E-state index >= 15 is 0 Å². The standard InChI is InChI=1S/C25H32N2O/c1-3-5-16-26-17-8-6-10-20-12-14-22(15-13-20)25(28)24-21(4-2)19-23-11-7-9-18-27(23)24/h7,9,11-15,18-19,26H,3-6,8,10,16-17H2,1-2H3. The molecule has 0 saturated heterocycles. The van der Waals surface area contributed by atoms with Crippen molar-refractivity contribution in [3.63, 3.8) is 0 Å². The Kier molecular flexibility index (Phi) is 7.44. The van der Waals surface area contributed by atoms with Gasteiger partial charge in [0.2, 0.25) is 5.78 Å². The first-order valence-electron chi connectivity index (χ1n) is 10.7. The molecule has 0 amide bonds. The summed E-state index contributed by atoms with van der Waals surface area (Å²) in [6, 6.07) is 16.4. The maximum Gasteiger partial charge on any atom is 0.210 e. The Balaban J connectivity index is 1.62. The average molecular weight is 377 g/mol. The molecule has 3 nitrogen and oxygen atoms in total. The fraction of sp³-hybridized carbons (Fsp3) is 0.400. The highest BCUT2D eigenvalue weighted by atomic mass is 16.1. The van der Waals surface area contributed by atoms with Gasteiger partial charge >= 0.3 is 0 Å². The topological polar surface area (TPSA) is 33.5 Å². The molecule has 1 N–H and O–H groups in total. The highest BCUT2D eigenvalue weighted by molar-refractivity contribution is 6.09. The van der Waals surface area contributed by atoms with Crippen LogP contribution in [0, 0.1) is 0 Å². The lowest BCUT2D eigenvalue weighted by molar-refractivity contribution is 0.103. The van der Waals surface area contributed by atoms with Gasteiger partial charge in [0.1, 0.15) is 0 Å². The van der Waals surface area contributed by atoms with E-state index in [1.807, 2.05) is 34.9 Å². The van der Waals surface area contributed by atoms with Gasteiger partial charge in [0.25, 0.3) is 0 Å². The number of nitrogens with zero attached hydrogens (tertiary/aromatic N) is 1. The minimum absolute atomic E-state index is 0.106. The molecule has 3 rings (SSSR count). The number of aromatic nitrogens is 1. The first-order chi connectivity index (χ1) is 13.7. The number of unbranched alkanes of at least 4 members (excludes halogenated alkanes) is 2. The highest BCUT2D eigenvalue weighted by Crippen LogP contribution is 2.21. The van der Waals surface area contributed by atoms with Gasteiger partial charge in [-0.05, 0) is 74.5 Å². The summed E-state index contributed by atoms with van der Waals surface area (Å²) in [4.78, 5) is 13.2. The molecule has 0 aliphatic carbocycles. The van der Waals surface area contributed by atoms with Crippen molar-refractivity contribution in [2.45, 2.75) is 52.4 Å². The van der Waals surface area contributed by atoms with Crippen molar-refractivity contribution in [1.29, 1.82) is 0 Å². The third-order valence-corrected chi connectivity index (χ3v) is 5.35. The molecule has 28 heavy (non-hydrogen) atoms. The first-order valence-corrected chi connectivity index (χ1v) is 10.7. The summed E-state index contributed by atoms with van der Waals surface area (Å²) >= 11 is 0. The van der Waals surface area contributed by atoms with Gasteiger partial charge in [-0.3, -0.25) is 4.79 Å². The second-order valence-electron chi connectivity index (χ2n) is 7.45. The molecular formula is C25H32N2O. The number of carbonyl (C=O) groups excluding carboxylic acids is 1. The number of fused-ring (bicyclic) bond motifs is 1. The van der Waals surface area contributed by atoms with E-state index in [2.05, 4.69) is 43.4 Å². The number of benzene rings is 1. The van der Waals surface area contributed by atoms with Gasteiger partial charge in [0.15, 0.2) is 0 Å².